The Morgan fingerprint density at radius 2 is 2.15 bits per heavy atom. The quantitative estimate of drug-likeness (QED) is 0.579. The van der Waals surface area contributed by atoms with Gasteiger partial charge in [-0.1, -0.05) is 17.7 Å². The van der Waals surface area contributed by atoms with E-state index in [0.29, 0.717) is 17.1 Å². The summed E-state index contributed by atoms with van der Waals surface area (Å²) in [5, 5.41) is 8.87. The van der Waals surface area contributed by atoms with Crippen LogP contribution in [0.15, 0.2) is 54.9 Å². The normalized spacial score (nSPS) is 11.0. The first kappa shape index (κ1) is 16.4. The maximum absolute atomic E-state index is 12.5. The van der Waals surface area contributed by atoms with Crippen LogP contribution in [0, 0.1) is 6.92 Å². The Hall–Kier alpha value is -3.12. The number of rotatable bonds is 4. The summed E-state index contributed by atoms with van der Waals surface area (Å²) in [7, 11) is 0. The van der Waals surface area contributed by atoms with Crippen LogP contribution in [0.2, 0.25) is 5.02 Å². The van der Waals surface area contributed by atoms with Gasteiger partial charge < -0.3 is 10.3 Å². The van der Waals surface area contributed by atoms with Gasteiger partial charge in [0.1, 0.15) is 5.65 Å². The van der Waals surface area contributed by atoms with E-state index in [0.717, 1.165) is 28.1 Å². The van der Waals surface area contributed by atoms with Crippen molar-refractivity contribution in [3.05, 3.63) is 76.8 Å². The van der Waals surface area contributed by atoms with E-state index in [9.17, 15) is 4.79 Å². The van der Waals surface area contributed by atoms with Gasteiger partial charge in [-0.05, 0) is 43.3 Å². The van der Waals surface area contributed by atoms with Gasteiger partial charge >= 0.3 is 0 Å². The minimum absolute atomic E-state index is 0.191. The average molecular weight is 366 g/mol. The van der Waals surface area contributed by atoms with Crippen molar-refractivity contribution in [2.24, 2.45) is 0 Å². The number of amides is 1. The molecule has 6 nitrogen and oxygen atoms in total. The molecule has 1 aromatic carbocycles. The lowest BCUT2D eigenvalue weighted by atomic mass is 10.2. The second-order valence-electron chi connectivity index (χ2n) is 5.94. The van der Waals surface area contributed by atoms with Crippen molar-refractivity contribution in [2.75, 3.05) is 0 Å². The number of H-pyrrole nitrogens is 1. The van der Waals surface area contributed by atoms with Crippen molar-refractivity contribution in [1.29, 1.82) is 0 Å². The smallest absolute Gasteiger partial charge is 0.255 e. The molecule has 26 heavy (non-hydrogen) atoms. The highest BCUT2D eigenvalue weighted by Gasteiger charge is 2.15. The number of halogens is 1. The molecule has 0 aliphatic heterocycles. The summed E-state index contributed by atoms with van der Waals surface area (Å²) in [6.45, 7) is 2.20. The maximum Gasteiger partial charge on any atom is 0.255 e. The summed E-state index contributed by atoms with van der Waals surface area (Å²) in [5.74, 6) is -0.191. The fourth-order valence-corrected chi connectivity index (χ4v) is 3.02. The largest absolute Gasteiger partial charge is 0.346 e. The molecule has 2 N–H and O–H groups in total. The first-order valence-corrected chi connectivity index (χ1v) is 8.51. The van der Waals surface area contributed by atoms with Crippen LogP contribution in [-0.4, -0.2) is 25.7 Å². The zero-order chi connectivity index (χ0) is 18.1. The average Bonchev–Trinajstić information content (AvgIpc) is 3.25. The predicted octanol–water partition coefficient (Wildman–Crippen LogP) is 3.64. The predicted molar refractivity (Wildman–Crippen MR) is 101 cm³/mol. The van der Waals surface area contributed by atoms with Crippen LogP contribution in [0.1, 0.15) is 21.7 Å². The number of hydrogen-bond acceptors (Lipinski definition) is 3. The van der Waals surface area contributed by atoms with Crippen molar-refractivity contribution in [1.82, 2.24) is 25.1 Å². The molecule has 0 saturated heterocycles. The second kappa shape index (κ2) is 6.65. The van der Waals surface area contributed by atoms with E-state index < -0.39 is 0 Å². The van der Waals surface area contributed by atoms with Crippen LogP contribution < -0.4 is 5.32 Å². The van der Waals surface area contributed by atoms with Gasteiger partial charge in [-0.25, -0.2) is 9.67 Å². The number of benzene rings is 1. The van der Waals surface area contributed by atoms with Crippen LogP contribution in [-0.2, 0) is 6.54 Å². The van der Waals surface area contributed by atoms with E-state index >= 15 is 0 Å². The molecule has 130 valence electrons. The summed E-state index contributed by atoms with van der Waals surface area (Å²) >= 11 is 6.04. The molecular formula is C19H16ClN5O. The summed E-state index contributed by atoms with van der Waals surface area (Å²) < 4.78 is 1.70. The number of pyridine rings is 1. The monoisotopic (exact) mass is 365 g/mol. The van der Waals surface area contributed by atoms with Gasteiger partial charge in [-0.15, -0.1) is 0 Å². The number of aromatic amines is 1. The Balaban J connectivity index is 1.51. The number of fused-ring (bicyclic) bond motifs is 1. The third kappa shape index (κ3) is 3.07. The van der Waals surface area contributed by atoms with E-state index in [1.165, 1.54) is 0 Å². The van der Waals surface area contributed by atoms with Gasteiger partial charge in [0.2, 0.25) is 0 Å². The molecule has 0 bridgehead atoms. The maximum atomic E-state index is 12.5. The fraction of sp³-hybridized carbons (Fsp3) is 0.105. The van der Waals surface area contributed by atoms with Gasteiger partial charge in [0.15, 0.2) is 0 Å². The Morgan fingerprint density at radius 3 is 3.00 bits per heavy atom. The molecule has 0 saturated carbocycles. The van der Waals surface area contributed by atoms with Crippen molar-refractivity contribution >= 4 is 28.5 Å². The van der Waals surface area contributed by atoms with Crippen molar-refractivity contribution < 1.29 is 4.79 Å². The molecule has 0 atom stereocenters. The molecule has 7 heteroatoms. The lowest BCUT2D eigenvalue weighted by Crippen LogP contribution is -2.23. The Bertz CT molecular complexity index is 1100. The molecule has 0 unspecified atom stereocenters. The molecule has 0 radical (unpaired) electrons. The molecule has 0 aliphatic carbocycles. The second-order valence-corrected chi connectivity index (χ2v) is 6.37. The number of carbonyl (C=O) groups is 1. The van der Waals surface area contributed by atoms with Gasteiger partial charge in [-0.2, -0.15) is 5.10 Å². The summed E-state index contributed by atoms with van der Waals surface area (Å²) in [6, 6.07) is 13.2. The minimum atomic E-state index is -0.191. The molecule has 1 amide bonds. The molecule has 0 aliphatic rings. The zero-order valence-corrected chi connectivity index (χ0v) is 14.8. The van der Waals surface area contributed by atoms with Crippen LogP contribution in [0.5, 0.6) is 0 Å². The molecule has 3 heterocycles. The van der Waals surface area contributed by atoms with Crippen molar-refractivity contribution in [3.8, 4) is 5.69 Å². The highest BCUT2D eigenvalue weighted by atomic mass is 35.5. The topological polar surface area (TPSA) is 75.6 Å². The summed E-state index contributed by atoms with van der Waals surface area (Å²) in [4.78, 5) is 20.1. The zero-order valence-electron chi connectivity index (χ0n) is 14.0. The number of nitrogens with zero attached hydrogens (tertiary/aromatic N) is 3. The number of hydrogen-bond donors (Lipinski definition) is 2. The van der Waals surface area contributed by atoms with Crippen molar-refractivity contribution in [3.63, 3.8) is 0 Å². The van der Waals surface area contributed by atoms with Gasteiger partial charge in [0.25, 0.3) is 5.91 Å². The molecule has 4 aromatic rings. The SMILES string of the molecule is Cc1c(C(=O)NCc2ccc3cc[nH]c3n2)cnn1-c1cccc(Cl)c1. The van der Waals surface area contributed by atoms with E-state index in [2.05, 4.69) is 20.4 Å². The van der Waals surface area contributed by atoms with E-state index in [-0.39, 0.29) is 5.91 Å². The van der Waals surface area contributed by atoms with E-state index in [4.69, 9.17) is 11.6 Å². The highest BCUT2D eigenvalue weighted by Crippen LogP contribution is 2.18. The van der Waals surface area contributed by atoms with Crippen LogP contribution >= 0.6 is 11.6 Å². The molecule has 0 fully saturated rings. The third-order valence-corrected chi connectivity index (χ3v) is 4.44. The first-order valence-electron chi connectivity index (χ1n) is 8.13. The molecule has 0 spiro atoms. The first-order chi connectivity index (χ1) is 12.6. The van der Waals surface area contributed by atoms with Gasteiger partial charge in [-0.3, -0.25) is 4.79 Å². The van der Waals surface area contributed by atoms with Crippen LogP contribution in [0.4, 0.5) is 0 Å². The number of carbonyl (C=O) groups excluding carboxylic acids is 1. The van der Waals surface area contributed by atoms with Gasteiger partial charge in [0, 0.05) is 16.6 Å². The van der Waals surface area contributed by atoms with Crippen molar-refractivity contribution in [2.45, 2.75) is 13.5 Å². The minimum Gasteiger partial charge on any atom is -0.346 e. The van der Waals surface area contributed by atoms with E-state index in [1.54, 1.807) is 23.0 Å². The Labute approximate surface area is 154 Å². The fourth-order valence-electron chi connectivity index (χ4n) is 2.84. The Morgan fingerprint density at radius 1 is 1.27 bits per heavy atom. The number of aromatic nitrogens is 4. The summed E-state index contributed by atoms with van der Waals surface area (Å²) in [6.07, 6.45) is 3.40. The Kier molecular flexibility index (Phi) is 4.18. The molecule has 4 rings (SSSR count). The van der Waals surface area contributed by atoms with Crippen LogP contribution in [0.25, 0.3) is 16.7 Å². The third-order valence-electron chi connectivity index (χ3n) is 4.20. The van der Waals surface area contributed by atoms with E-state index in [1.807, 2.05) is 43.5 Å². The molecule has 3 aromatic heterocycles. The highest BCUT2D eigenvalue weighted by molar-refractivity contribution is 6.30. The number of nitrogens with one attached hydrogen (secondary N) is 2. The molecular weight excluding hydrogens is 350 g/mol. The standard InChI is InChI=1S/C19H16ClN5O/c1-12-17(11-23-25(12)16-4-2-3-14(20)9-16)19(26)22-10-15-6-5-13-7-8-21-18(13)24-15/h2-9,11H,10H2,1H3,(H,21,24)(H,22,26). The lowest BCUT2D eigenvalue weighted by Gasteiger charge is -2.07. The summed E-state index contributed by atoms with van der Waals surface area (Å²) in [5.41, 5.74) is 3.67. The van der Waals surface area contributed by atoms with Crippen LogP contribution in [0.3, 0.4) is 0 Å². The van der Waals surface area contributed by atoms with Gasteiger partial charge in [0.05, 0.1) is 35.4 Å². The lowest BCUT2D eigenvalue weighted by molar-refractivity contribution is 0.0950.